The third-order valence-electron chi connectivity index (χ3n) is 2.57. The first-order chi connectivity index (χ1) is 8.67. The SMILES string of the molecule is CC[C@@H](Oc1ccc(C)cc1)C(=O)NCCOC. The summed E-state index contributed by atoms with van der Waals surface area (Å²) in [5.41, 5.74) is 1.17. The van der Waals surface area contributed by atoms with Crippen molar-refractivity contribution < 1.29 is 14.3 Å². The van der Waals surface area contributed by atoms with Crippen LogP contribution in [0.25, 0.3) is 0 Å². The first-order valence-corrected chi connectivity index (χ1v) is 6.17. The highest BCUT2D eigenvalue weighted by Gasteiger charge is 2.17. The third-order valence-corrected chi connectivity index (χ3v) is 2.57. The zero-order valence-electron chi connectivity index (χ0n) is 11.2. The Balaban J connectivity index is 2.50. The maximum atomic E-state index is 11.8. The van der Waals surface area contributed by atoms with Crippen molar-refractivity contribution in [1.82, 2.24) is 5.32 Å². The first kappa shape index (κ1) is 14.5. The molecule has 0 spiro atoms. The van der Waals surface area contributed by atoms with Gasteiger partial charge in [0.05, 0.1) is 6.61 Å². The Labute approximate surface area is 108 Å². The number of rotatable bonds is 7. The molecule has 1 rings (SSSR count). The van der Waals surface area contributed by atoms with E-state index in [0.29, 0.717) is 25.3 Å². The maximum Gasteiger partial charge on any atom is 0.261 e. The monoisotopic (exact) mass is 251 g/mol. The molecule has 1 N–H and O–H groups in total. The zero-order chi connectivity index (χ0) is 13.4. The molecule has 1 atom stereocenters. The van der Waals surface area contributed by atoms with Gasteiger partial charge in [0.15, 0.2) is 6.10 Å². The Morgan fingerprint density at radius 3 is 2.56 bits per heavy atom. The molecule has 4 heteroatoms. The molecule has 0 fully saturated rings. The second kappa shape index (κ2) is 7.71. The van der Waals surface area contributed by atoms with Crippen molar-refractivity contribution in [3.05, 3.63) is 29.8 Å². The predicted molar refractivity (Wildman–Crippen MR) is 70.8 cm³/mol. The van der Waals surface area contributed by atoms with Crippen molar-refractivity contribution in [2.45, 2.75) is 26.4 Å². The highest BCUT2D eigenvalue weighted by Crippen LogP contribution is 2.14. The van der Waals surface area contributed by atoms with Crippen LogP contribution in [0.15, 0.2) is 24.3 Å². The zero-order valence-corrected chi connectivity index (χ0v) is 11.2. The molecule has 0 aliphatic heterocycles. The van der Waals surface area contributed by atoms with Crippen LogP contribution in [0.1, 0.15) is 18.9 Å². The van der Waals surface area contributed by atoms with E-state index in [2.05, 4.69) is 5.32 Å². The van der Waals surface area contributed by atoms with Crippen molar-refractivity contribution in [2.75, 3.05) is 20.3 Å². The Hall–Kier alpha value is -1.55. The summed E-state index contributed by atoms with van der Waals surface area (Å²) in [4.78, 5) is 11.8. The standard InChI is InChI=1S/C14H21NO3/c1-4-13(14(16)15-9-10-17-3)18-12-7-5-11(2)6-8-12/h5-8,13H,4,9-10H2,1-3H3,(H,15,16)/t13-/m1/s1. The van der Waals surface area contributed by atoms with E-state index in [1.54, 1.807) is 7.11 Å². The van der Waals surface area contributed by atoms with Crippen LogP contribution in [-0.2, 0) is 9.53 Å². The lowest BCUT2D eigenvalue weighted by atomic mass is 10.2. The summed E-state index contributed by atoms with van der Waals surface area (Å²) < 4.78 is 10.5. The molecule has 0 aliphatic carbocycles. The lowest BCUT2D eigenvalue weighted by molar-refractivity contribution is -0.128. The molecule has 0 saturated carbocycles. The number of carbonyl (C=O) groups excluding carboxylic acids is 1. The van der Waals surface area contributed by atoms with Gasteiger partial charge in [0.25, 0.3) is 5.91 Å². The van der Waals surface area contributed by atoms with Gasteiger partial charge in [-0.25, -0.2) is 0 Å². The van der Waals surface area contributed by atoms with Gasteiger partial charge in [-0.15, -0.1) is 0 Å². The second-order valence-corrected chi connectivity index (χ2v) is 4.11. The summed E-state index contributed by atoms with van der Waals surface area (Å²) >= 11 is 0. The van der Waals surface area contributed by atoms with Gasteiger partial charge in [0.2, 0.25) is 0 Å². The van der Waals surface area contributed by atoms with Gasteiger partial charge in [-0.3, -0.25) is 4.79 Å². The van der Waals surface area contributed by atoms with E-state index in [-0.39, 0.29) is 5.91 Å². The molecular weight excluding hydrogens is 230 g/mol. The van der Waals surface area contributed by atoms with Crippen LogP contribution in [0.5, 0.6) is 5.75 Å². The van der Waals surface area contributed by atoms with E-state index in [1.165, 1.54) is 5.56 Å². The van der Waals surface area contributed by atoms with Crippen molar-refractivity contribution in [2.24, 2.45) is 0 Å². The average molecular weight is 251 g/mol. The van der Waals surface area contributed by atoms with Crippen molar-refractivity contribution >= 4 is 5.91 Å². The molecule has 0 aliphatic rings. The molecular formula is C14H21NO3. The fraction of sp³-hybridized carbons (Fsp3) is 0.500. The van der Waals surface area contributed by atoms with Crippen LogP contribution in [0.3, 0.4) is 0 Å². The highest BCUT2D eigenvalue weighted by molar-refractivity contribution is 5.81. The van der Waals surface area contributed by atoms with Gasteiger partial charge in [-0.2, -0.15) is 0 Å². The summed E-state index contributed by atoms with van der Waals surface area (Å²) in [5, 5.41) is 2.78. The lowest BCUT2D eigenvalue weighted by Crippen LogP contribution is -2.39. The first-order valence-electron chi connectivity index (χ1n) is 6.17. The van der Waals surface area contributed by atoms with Crippen LogP contribution in [-0.4, -0.2) is 32.3 Å². The van der Waals surface area contributed by atoms with E-state index >= 15 is 0 Å². The van der Waals surface area contributed by atoms with E-state index in [4.69, 9.17) is 9.47 Å². The number of hydrogen-bond donors (Lipinski definition) is 1. The van der Waals surface area contributed by atoms with Gasteiger partial charge in [0, 0.05) is 13.7 Å². The number of hydrogen-bond acceptors (Lipinski definition) is 3. The summed E-state index contributed by atoms with van der Waals surface area (Å²) in [6.45, 7) is 4.95. The van der Waals surface area contributed by atoms with Crippen LogP contribution >= 0.6 is 0 Å². The second-order valence-electron chi connectivity index (χ2n) is 4.11. The third kappa shape index (κ3) is 4.75. The molecule has 1 aromatic carbocycles. The van der Waals surface area contributed by atoms with Gasteiger partial charge >= 0.3 is 0 Å². The van der Waals surface area contributed by atoms with Crippen LogP contribution < -0.4 is 10.1 Å². The van der Waals surface area contributed by atoms with E-state index in [9.17, 15) is 4.79 Å². The minimum absolute atomic E-state index is 0.102. The maximum absolute atomic E-state index is 11.8. The predicted octanol–water partition coefficient (Wildman–Crippen LogP) is 1.92. The quantitative estimate of drug-likeness (QED) is 0.753. The molecule has 0 bridgehead atoms. The number of methoxy groups -OCH3 is 1. The van der Waals surface area contributed by atoms with E-state index in [0.717, 1.165) is 0 Å². The van der Waals surface area contributed by atoms with Crippen molar-refractivity contribution in [1.29, 1.82) is 0 Å². The summed E-state index contributed by atoms with van der Waals surface area (Å²) in [7, 11) is 1.60. The number of ether oxygens (including phenoxy) is 2. The summed E-state index contributed by atoms with van der Waals surface area (Å²) in [5.74, 6) is 0.615. The minimum Gasteiger partial charge on any atom is -0.481 e. The number of aryl methyl sites for hydroxylation is 1. The van der Waals surface area contributed by atoms with Crippen molar-refractivity contribution in [3.63, 3.8) is 0 Å². The number of carbonyl (C=O) groups is 1. The molecule has 0 saturated heterocycles. The Morgan fingerprint density at radius 1 is 1.33 bits per heavy atom. The Bertz CT molecular complexity index is 362. The van der Waals surface area contributed by atoms with Crippen LogP contribution in [0.2, 0.25) is 0 Å². The van der Waals surface area contributed by atoms with Gasteiger partial charge in [0.1, 0.15) is 5.75 Å². The fourth-order valence-corrected chi connectivity index (χ4v) is 1.49. The molecule has 1 aromatic rings. The van der Waals surface area contributed by atoms with Gasteiger partial charge in [-0.1, -0.05) is 24.6 Å². The fourth-order valence-electron chi connectivity index (χ4n) is 1.49. The minimum atomic E-state index is -0.454. The number of benzene rings is 1. The van der Waals surface area contributed by atoms with Crippen molar-refractivity contribution in [3.8, 4) is 5.75 Å². The molecule has 18 heavy (non-hydrogen) atoms. The molecule has 100 valence electrons. The average Bonchev–Trinajstić information content (AvgIpc) is 2.38. The smallest absolute Gasteiger partial charge is 0.261 e. The highest BCUT2D eigenvalue weighted by atomic mass is 16.5. The van der Waals surface area contributed by atoms with Gasteiger partial charge < -0.3 is 14.8 Å². The normalized spacial score (nSPS) is 11.9. The molecule has 1 amide bonds. The summed E-state index contributed by atoms with van der Waals surface area (Å²) in [6, 6.07) is 7.68. The Morgan fingerprint density at radius 2 is 2.00 bits per heavy atom. The van der Waals surface area contributed by atoms with Crippen LogP contribution in [0, 0.1) is 6.92 Å². The lowest BCUT2D eigenvalue weighted by Gasteiger charge is -2.17. The largest absolute Gasteiger partial charge is 0.481 e. The molecule has 0 heterocycles. The number of amides is 1. The number of nitrogens with one attached hydrogen (secondary N) is 1. The van der Waals surface area contributed by atoms with E-state index in [1.807, 2.05) is 38.1 Å². The van der Waals surface area contributed by atoms with Gasteiger partial charge in [-0.05, 0) is 25.5 Å². The molecule has 4 nitrogen and oxygen atoms in total. The summed E-state index contributed by atoms with van der Waals surface area (Å²) in [6.07, 6.45) is 0.178. The topological polar surface area (TPSA) is 47.6 Å². The Kier molecular flexibility index (Phi) is 6.22. The van der Waals surface area contributed by atoms with Crippen LogP contribution in [0.4, 0.5) is 0 Å². The molecule has 0 aromatic heterocycles. The molecule has 0 radical (unpaired) electrons. The molecule has 0 unspecified atom stereocenters. The van der Waals surface area contributed by atoms with E-state index < -0.39 is 6.10 Å².